The maximum absolute atomic E-state index is 2.41. The Bertz CT molecular complexity index is 5280. The first-order chi connectivity index (χ1) is 52.4. The second kappa shape index (κ2) is 32.8. The van der Waals surface area contributed by atoms with Crippen LogP contribution in [0.3, 0.4) is 0 Å². The summed E-state index contributed by atoms with van der Waals surface area (Å²) in [6.07, 6.45) is 18.4. The first kappa shape index (κ1) is 73.6. The van der Waals surface area contributed by atoms with Crippen LogP contribution in [0.15, 0.2) is 304 Å². The zero-order valence-corrected chi connectivity index (χ0v) is 65.6. The van der Waals surface area contributed by atoms with E-state index in [0.717, 1.165) is 5.92 Å². The van der Waals surface area contributed by atoms with E-state index in [0.29, 0.717) is 11.3 Å². The average Bonchev–Trinajstić information content (AvgIpc) is 0.781. The van der Waals surface area contributed by atoms with E-state index in [-0.39, 0.29) is 0 Å². The van der Waals surface area contributed by atoms with Crippen LogP contribution in [0.25, 0.3) is 124 Å². The number of hydrogen-bond donors (Lipinski definition) is 0. The average molecular weight is 1420 g/mol. The summed E-state index contributed by atoms with van der Waals surface area (Å²) in [6.45, 7) is 13.5. The van der Waals surface area contributed by atoms with Gasteiger partial charge in [-0.3, -0.25) is 0 Å². The lowest BCUT2D eigenvalue weighted by Gasteiger charge is -2.34. The smallest absolute Gasteiger partial charge is 0.196 e. The van der Waals surface area contributed by atoms with Gasteiger partial charge in [-0.1, -0.05) is 215 Å². The molecule has 0 atom stereocenters. The third kappa shape index (κ3) is 16.5. The van der Waals surface area contributed by atoms with Gasteiger partial charge in [0.25, 0.3) is 34.2 Å². The van der Waals surface area contributed by atoms with Crippen LogP contribution in [0.5, 0.6) is 0 Å². The molecule has 108 heavy (non-hydrogen) atoms. The van der Waals surface area contributed by atoms with Gasteiger partial charge < -0.3 is 0 Å². The molecule has 6 heterocycles. The molecule has 16 rings (SSSR count). The van der Waals surface area contributed by atoms with Crippen LogP contribution in [0.4, 0.5) is 0 Å². The van der Waals surface area contributed by atoms with E-state index in [2.05, 4.69) is 415 Å². The highest BCUT2D eigenvalue weighted by Gasteiger charge is 2.31. The maximum Gasteiger partial charge on any atom is 0.278 e. The van der Waals surface area contributed by atoms with Crippen LogP contribution in [0, 0.1) is 33.1 Å². The summed E-state index contributed by atoms with van der Waals surface area (Å²) >= 11 is 0. The van der Waals surface area contributed by atoms with Crippen LogP contribution < -0.4 is 27.4 Å². The summed E-state index contributed by atoms with van der Waals surface area (Å²) in [5.41, 5.74) is 35.7. The number of nitrogens with zero attached hydrogens (tertiary/aromatic N) is 6. The van der Waals surface area contributed by atoms with Gasteiger partial charge in [-0.25, -0.2) is 0 Å². The molecule has 2 aliphatic carbocycles. The SMILES string of the molecule is Cc1ccc(-c2ccc(-c3cc(-c4ccccc4C)[n+](C)c(-c4cccc[n+]4C)c3)cc2)cc1.Cc1ccccc1-c1cc(-c2ccc(-c3ccc(C4CCCCC4)cc3)cc2)cc(-c2cccc[n+]2C)[n+]1C.Cc1ccccc1-c1cc(-c2ccc(C3CCC(C)(C)CC3)cc2)cc(-c2cccc[n+]2C)[n+]1C. The Hall–Kier alpha value is -11.3. The number of aromatic nitrogens is 6. The first-order valence-electron chi connectivity index (χ1n) is 39.1. The lowest BCUT2D eigenvalue weighted by atomic mass is 9.71. The monoisotopic (exact) mass is 1410 g/mol. The van der Waals surface area contributed by atoms with E-state index in [1.165, 1.54) is 215 Å². The topological polar surface area (TPSA) is 23.3 Å². The summed E-state index contributed by atoms with van der Waals surface area (Å²) in [4.78, 5) is 0. The molecule has 0 saturated heterocycles. The molecule has 6 aromatic heterocycles. The van der Waals surface area contributed by atoms with Gasteiger partial charge in [0.2, 0.25) is 17.1 Å². The second-order valence-electron chi connectivity index (χ2n) is 31.3. The molecule has 0 bridgehead atoms. The zero-order chi connectivity index (χ0) is 75.0. The molecular formula is C102H106N6+6. The van der Waals surface area contributed by atoms with Crippen LogP contribution in [-0.2, 0) is 42.3 Å². The first-order valence-corrected chi connectivity index (χ1v) is 39.1. The van der Waals surface area contributed by atoms with Crippen LogP contribution >= 0.6 is 0 Å². The zero-order valence-electron chi connectivity index (χ0n) is 65.6. The number of benzene rings is 8. The predicted molar refractivity (Wildman–Crippen MR) is 446 cm³/mol. The third-order valence-corrected chi connectivity index (χ3v) is 23.3. The van der Waals surface area contributed by atoms with E-state index in [1.807, 2.05) is 0 Å². The fourth-order valence-corrected chi connectivity index (χ4v) is 16.5. The Balaban J connectivity index is 0.000000136. The Labute approximate surface area is 643 Å². The number of aryl methyl sites for hydroxylation is 7. The lowest BCUT2D eigenvalue weighted by Crippen LogP contribution is -2.40. The summed E-state index contributed by atoms with van der Waals surface area (Å²) in [5, 5.41) is 0. The highest BCUT2D eigenvalue weighted by Crippen LogP contribution is 2.44. The van der Waals surface area contributed by atoms with E-state index in [4.69, 9.17) is 0 Å². The van der Waals surface area contributed by atoms with Crippen molar-refractivity contribution in [3.63, 3.8) is 0 Å². The maximum atomic E-state index is 2.41. The van der Waals surface area contributed by atoms with Gasteiger partial charge in [0.1, 0.15) is 42.3 Å². The minimum Gasteiger partial charge on any atom is -0.196 e. The van der Waals surface area contributed by atoms with Gasteiger partial charge in [0.05, 0.1) is 0 Å². The summed E-state index contributed by atoms with van der Waals surface area (Å²) in [5.74, 6) is 1.45. The van der Waals surface area contributed by atoms with E-state index in [9.17, 15) is 0 Å². The molecule has 0 N–H and O–H groups in total. The normalized spacial score (nSPS) is 13.6. The fourth-order valence-electron chi connectivity index (χ4n) is 16.5. The predicted octanol–water partition coefficient (Wildman–Crippen LogP) is 22.3. The molecule has 8 aromatic carbocycles. The Morgan fingerprint density at radius 1 is 0.250 bits per heavy atom. The molecule has 6 heteroatoms. The molecule has 2 saturated carbocycles. The molecule has 0 amide bonds. The van der Waals surface area contributed by atoms with Crippen molar-refractivity contribution in [2.45, 2.75) is 111 Å². The Kier molecular flexibility index (Phi) is 22.3. The third-order valence-electron chi connectivity index (χ3n) is 23.3. The number of pyridine rings is 6. The number of hydrogen-bond acceptors (Lipinski definition) is 0. The quantitative estimate of drug-likeness (QED) is 0.103. The molecule has 14 aromatic rings. The standard InChI is InChI=1S/C37H38N2.C33H38N2.C32H30N2/c1-27-11-7-8-14-34(27)36-25-33(26-37(39(36)3)35-15-9-10-24-38(35)2)32-22-20-31(21-23-32)30-18-16-29(17-19-30)28-12-5-4-6-13-28;1-24-10-6-7-11-29(24)31-22-28(23-32(35(31)5)30-12-8-9-21-34(30)4)26-15-13-25(14-16-26)27-17-19-33(2,3)20-18-27;1-23-12-14-25(15-13-23)26-16-18-27(19-17-26)28-21-31(29-10-6-5-9-24(29)2)34(4)32(22-28)30-11-7-8-20-33(30)3/h7-11,14-26,28H,4-6,12-13H2,1-3H3;6-16,21-23,27H,17-20H2,1-5H3;5-22H,1-4H3/q3*+2. The Morgan fingerprint density at radius 2 is 0.509 bits per heavy atom. The van der Waals surface area contributed by atoms with Gasteiger partial charge in [0.15, 0.2) is 18.6 Å². The van der Waals surface area contributed by atoms with Crippen molar-refractivity contribution < 1.29 is 27.4 Å². The van der Waals surface area contributed by atoms with E-state index in [1.54, 1.807) is 0 Å². The van der Waals surface area contributed by atoms with Crippen molar-refractivity contribution in [1.82, 2.24) is 0 Å². The van der Waals surface area contributed by atoms with Crippen LogP contribution in [0.2, 0.25) is 0 Å². The van der Waals surface area contributed by atoms with Crippen LogP contribution in [0.1, 0.15) is 117 Å². The lowest BCUT2D eigenvalue weighted by molar-refractivity contribution is -0.685. The molecule has 538 valence electrons. The molecule has 2 aliphatic rings. The molecule has 2 fully saturated rings. The van der Waals surface area contributed by atoms with E-state index >= 15 is 0 Å². The highest BCUT2D eigenvalue weighted by molar-refractivity contribution is 5.79. The minimum absolute atomic E-state index is 0.506. The van der Waals surface area contributed by atoms with Gasteiger partial charge >= 0.3 is 0 Å². The fraction of sp³-hybridized carbons (Fsp3) is 0.235. The van der Waals surface area contributed by atoms with Crippen molar-refractivity contribution in [2.24, 2.45) is 47.7 Å². The summed E-state index contributed by atoms with van der Waals surface area (Å²) in [6, 6.07) is 105. The van der Waals surface area contributed by atoms with Gasteiger partial charge in [-0.15, -0.1) is 0 Å². The molecule has 0 aliphatic heterocycles. The number of rotatable bonds is 13. The van der Waals surface area contributed by atoms with E-state index < -0.39 is 0 Å². The van der Waals surface area contributed by atoms with Crippen molar-refractivity contribution in [3.05, 3.63) is 337 Å². The van der Waals surface area contributed by atoms with Crippen molar-refractivity contribution in [3.8, 4) is 124 Å². The molecule has 0 radical (unpaired) electrons. The summed E-state index contributed by atoms with van der Waals surface area (Å²) in [7, 11) is 12.9. The molecule has 0 unspecified atom stereocenters. The van der Waals surface area contributed by atoms with Crippen LogP contribution in [-0.4, -0.2) is 0 Å². The Morgan fingerprint density at radius 3 is 0.815 bits per heavy atom. The van der Waals surface area contributed by atoms with Crippen molar-refractivity contribution >= 4 is 0 Å². The summed E-state index contributed by atoms with van der Waals surface area (Å²) < 4.78 is 13.5. The minimum atomic E-state index is 0.506. The second-order valence-corrected chi connectivity index (χ2v) is 31.3. The highest BCUT2D eigenvalue weighted by atomic mass is 15.0. The molecule has 0 spiro atoms. The van der Waals surface area contributed by atoms with Crippen molar-refractivity contribution in [1.29, 1.82) is 0 Å². The largest absolute Gasteiger partial charge is 0.278 e. The van der Waals surface area contributed by atoms with Crippen molar-refractivity contribution in [2.75, 3.05) is 0 Å². The molecule has 6 nitrogen and oxygen atoms in total. The van der Waals surface area contributed by atoms with Gasteiger partial charge in [-0.2, -0.15) is 27.4 Å². The van der Waals surface area contributed by atoms with Gasteiger partial charge in [0, 0.05) is 89.5 Å². The van der Waals surface area contributed by atoms with Gasteiger partial charge in [-0.05, 0) is 203 Å². The molecular weight excluding hydrogens is 1310 g/mol.